The van der Waals surface area contributed by atoms with Gasteiger partial charge in [-0.3, -0.25) is 0 Å². The average Bonchev–Trinajstić information content (AvgIpc) is 2.65. The van der Waals surface area contributed by atoms with Gasteiger partial charge >= 0.3 is 0 Å². The Kier molecular flexibility index (Phi) is 2.27. The van der Waals surface area contributed by atoms with Crippen molar-refractivity contribution in [3.63, 3.8) is 0 Å². The first-order valence-corrected chi connectivity index (χ1v) is 4.59. The SMILES string of the molecule is COc1ccccc1-c1cc(C)c[nH]1. The molecule has 0 radical (unpaired) electrons. The third kappa shape index (κ3) is 1.51. The van der Waals surface area contributed by atoms with Gasteiger partial charge in [-0.05, 0) is 30.7 Å². The second-order valence-electron chi connectivity index (χ2n) is 3.29. The minimum absolute atomic E-state index is 0.898. The maximum absolute atomic E-state index is 5.29. The zero-order valence-corrected chi connectivity index (χ0v) is 8.37. The Hall–Kier alpha value is -1.70. The summed E-state index contributed by atoms with van der Waals surface area (Å²) >= 11 is 0. The molecule has 0 unspecified atom stereocenters. The molecule has 1 N–H and O–H groups in total. The number of rotatable bonds is 2. The minimum Gasteiger partial charge on any atom is -0.496 e. The molecular formula is C12H13NO. The van der Waals surface area contributed by atoms with E-state index in [1.165, 1.54) is 5.56 Å². The second-order valence-corrected chi connectivity index (χ2v) is 3.29. The van der Waals surface area contributed by atoms with Crippen molar-refractivity contribution in [2.45, 2.75) is 6.92 Å². The van der Waals surface area contributed by atoms with Crippen LogP contribution < -0.4 is 4.74 Å². The monoisotopic (exact) mass is 187 g/mol. The molecular weight excluding hydrogens is 174 g/mol. The summed E-state index contributed by atoms with van der Waals surface area (Å²) < 4.78 is 5.29. The number of nitrogens with one attached hydrogen (secondary N) is 1. The summed E-state index contributed by atoms with van der Waals surface area (Å²) in [7, 11) is 1.69. The van der Waals surface area contributed by atoms with E-state index in [2.05, 4.69) is 18.0 Å². The molecule has 0 aliphatic carbocycles. The highest BCUT2D eigenvalue weighted by Gasteiger charge is 2.05. The van der Waals surface area contributed by atoms with Crippen LogP contribution in [0.25, 0.3) is 11.3 Å². The average molecular weight is 187 g/mol. The fraction of sp³-hybridized carbons (Fsp3) is 0.167. The largest absolute Gasteiger partial charge is 0.496 e. The lowest BCUT2D eigenvalue weighted by molar-refractivity contribution is 0.416. The zero-order valence-electron chi connectivity index (χ0n) is 8.37. The van der Waals surface area contributed by atoms with Crippen LogP contribution in [0.3, 0.4) is 0 Å². The van der Waals surface area contributed by atoms with Gasteiger partial charge in [0.05, 0.1) is 7.11 Å². The summed E-state index contributed by atoms with van der Waals surface area (Å²) in [6.45, 7) is 2.06. The topological polar surface area (TPSA) is 25.0 Å². The van der Waals surface area contributed by atoms with Crippen LogP contribution in [0.1, 0.15) is 5.56 Å². The summed E-state index contributed by atoms with van der Waals surface area (Å²) in [5.41, 5.74) is 3.42. The Labute approximate surface area is 83.5 Å². The van der Waals surface area contributed by atoms with Gasteiger partial charge in [0.25, 0.3) is 0 Å². The van der Waals surface area contributed by atoms with E-state index < -0.39 is 0 Å². The predicted octanol–water partition coefficient (Wildman–Crippen LogP) is 3.00. The lowest BCUT2D eigenvalue weighted by Gasteiger charge is -2.05. The predicted molar refractivity (Wildman–Crippen MR) is 57.5 cm³/mol. The molecule has 2 heteroatoms. The van der Waals surface area contributed by atoms with Crippen LogP contribution in [-0.4, -0.2) is 12.1 Å². The Morgan fingerprint density at radius 1 is 1.21 bits per heavy atom. The van der Waals surface area contributed by atoms with Crippen molar-refractivity contribution in [2.24, 2.45) is 0 Å². The molecule has 1 heterocycles. The number of aryl methyl sites for hydroxylation is 1. The van der Waals surface area contributed by atoms with E-state index in [4.69, 9.17) is 4.74 Å². The molecule has 0 aliphatic heterocycles. The van der Waals surface area contributed by atoms with Crippen molar-refractivity contribution in [1.82, 2.24) is 4.98 Å². The highest BCUT2D eigenvalue weighted by molar-refractivity contribution is 5.67. The summed E-state index contributed by atoms with van der Waals surface area (Å²) in [4.78, 5) is 3.22. The highest BCUT2D eigenvalue weighted by Crippen LogP contribution is 2.28. The van der Waals surface area contributed by atoms with E-state index in [0.29, 0.717) is 0 Å². The quantitative estimate of drug-likeness (QED) is 0.768. The molecule has 72 valence electrons. The van der Waals surface area contributed by atoms with Crippen LogP contribution in [-0.2, 0) is 0 Å². The first-order chi connectivity index (χ1) is 6.81. The zero-order chi connectivity index (χ0) is 9.97. The number of aromatic nitrogens is 1. The molecule has 0 fully saturated rings. The first kappa shape index (κ1) is 8.88. The molecule has 0 saturated carbocycles. The second kappa shape index (κ2) is 3.58. The Morgan fingerprint density at radius 2 is 2.00 bits per heavy atom. The Balaban J connectivity index is 2.50. The molecule has 0 saturated heterocycles. The van der Waals surface area contributed by atoms with Gasteiger partial charge in [-0.1, -0.05) is 12.1 Å². The minimum atomic E-state index is 0.898. The number of para-hydroxylation sites is 1. The maximum atomic E-state index is 5.29. The summed E-state index contributed by atoms with van der Waals surface area (Å²) in [5.74, 6) is 0.898. The molecule has 2 rings (SSSR count). The number of ether oxygens (including phenoxy) is 1. The van der Waals surface area contributed by atoms with Crippen LogP contribution >= 0.6 is 0 Å². The molecule has 0 spiro atoms. The van der Waals surface area contributed by atoms with E-state index in [9.17, 15) is 0 Å². The third-order valence-corrected chi connectivity index (χ3v) is 2.22. The van der Waals surface area contributed by atoms with Gasteiger partial charge in [0.1, 0.15) is 5.75 Å². The van der Waals surface area contributed by atoms with Crippen molar-refractivity contribution in [1.29, 1.82) is 0 Å². The number of hydrogen-bond donors (Lipinski definition) is 1. The number of hydrogen-bond acceptors (Lipinski definition) is 1. The Morgan fingerprint density at radius 3 is 2.64 bits per heavy atom. The number of benzene rings is 1. The lowest BCUT2D eigenvalue weighted by Crippen LogP contribution is -1.86. The number of methoxy groups -OCH3 is 1. The number of aromatic amines is 1. The lowest BCUT2D eigenvalue weighted by atomic mass is 10.1. The molecule has 1 aromatic heterocycles. The van der Waals surface area contributed by atoms with E-state index in [1.54, 1.807) is 7.11 Å². The van der Waals surface area contributed by atoms with Crippen LogP contribution in [0.5, 0.6) is 5.75 Å². The summed E-state index contributed by atoms with van der Waals surface area (Å²) in [6, 6.07) is 10.1. The van der Waals surface area contributed by atoms with Crippen LogP contribution in [0.4, 0.5) is 0 Å². The maximum Gasteiger partial charge on any atom is 0.128 e. The van der Waals surface area contributed by atoms with E-state index in [-0.39, 0.29) is 0 Å². The van der Waals surface area contributed by atoms with E-state index >= 15 is 0 Å². The molecule has 2 nitrogen and oxygen atoms in total. The molecule has 14 heavy (non-hydrogen) atoms. The first-order valence-electron chi connectivity index (χ1n) is 4.59. The van der Waals surface area contributed by atoms with Crippen molar-refractivity contribution < 1.29 is 4.74 Å². The fourth-order valence-electron chi connectivity index (χ4n) is 1.53. The molecule has 0 atom stereocenters. The van der Waals surface area contributed by atoms with E-state index in [0.717, 1.165) is 17.0 Å². The van der Waals surface area contributed by atoms with Crippen LogP contribution in [0.15, 0.2) is 36.5 Å². The highest BCUT2D eigenvalue weighted by atomic mass is 16.5. The van der Waals surface area contributed by atoms with Crippen molar-refractivity contribution in [2.75, 3.05) is 7.11 Å². The third-order valence-electron chi connectivity index (χ3n) is 2.22. The van der Waals surface area contributed by atoms with Gasteiger partial charge in [-0.15, -0.1) is 0 Å². The van der Waals surface area contributed by atoms with E-state index in [1.807, 2.05) is 30.5 Å². The van der Waals surface area contributed by atoms with Gasteiger partial charge < -0.3 is 9.72 Å². The molecule has 1 aromatic carbocycles. The van der Waals surface area contributed by atoms with Crippen LogP contribution in [0.2, 0.25) is 0 Å². The van der Waals surface area contributed by atoms with Gasteiger partial charge in [-0.2, -0.15) is 0 Å². The van der Waals surface area contributed by atoms with Crippen molar-refractivity contribution in [3.8, 4) is 17.0 Å². The number of H-pyrrole nitrogens is 1. The molecule has 0 amide bonds. The van der Waals surface area contributed by atoms with Crippen LogP contribution in [0, 0.1) is 6.92 Å². The van der Waals surface area contributed by atoms with Gasteiger partial charge in [0, 0.05) is 17.5 Å². The summed E-state index contributed by atoms with van der Waals surface area (Å²) in [6.07, 6.45) is 1.99. The van der Waals surface area contributed by atoms with Gasteiger partial charge in [-0.25, -0.2) is 0 Å². The molecule has 2 aromatic rings. The Bertz CT molecular complexity index is 431. The smallest absolute Gasteiger partial charge is 0.128 e. The normalized spacial score (nSPS) is 10.1. The standard InChI is InChI=1S/C12H13NO/c1-9-7-11(13-8-9)10-5-3-4-6-12(10)14-2/h3-8,13H,1-2H3. The van der Waals surface area contributed by atoms with Gasteiger partial charge in [0.2, 0.25) is 0 Å². The molecule has 0 bridgehead atoms. The fourth-order valence-corrected chi connectivity index (χ4v) is 1.53. The molecule has 0 aliphatic rings. The van der Waals surface area contributed by atoms with Crippen molar-refractivity contribution >= 4 is 0 Å². The summed E-state index contributed by atoms with van der Waals surface area (Å²) in [5, 5.41) is 0. The van der Waals surface area contributed by atoms with Crippen molar-refractivity contribution in [3.05, 3.63) is 42.1 Å². The van der Waals surface area contributed by atoms with Gasteiger partial charge in [0.15, 0.2) is 0 Å².